The Morgan fingerprint density at radius 2 is 2.00 bits per heavy atom. The monoisotopic (exact) mass is 255 g/mol. The lowest BCUT2D eigenvalue weighted by molar-refractivity contribution is 0.352. The van der Waals surface area contributed by atoms with Crippen LogP contribution in [0.4, 0.5) is 0 Å². The van der Waals surface area contributed by atoms with Crippen molar-refractivity contribution < 1.29 is 4.52 Å². The minimum Gasteiger partial charge on any atom is -0.337 e. The number of hydrogen-bond donors (Lipinski definition) is 1. The van der Waals surface area contributed by atoms with Gasteiger partial charge in [0.25, 0.3) is 0 Å². The SMILES string of the molecule is CCC(N)c1nc(-c2ccc3nccnc3c2)no1. The lowest BCUT2D eigenvalue weighted by atomic mass is 10.2. The predicted molar refractivity (Wildman–Crippen MR) is 70.0 cm³/mol. The normalized spacial score (nSPS) is 12.7. The molecule has 19 heavy (non-hydrogen) atoms. The summed E-state index contributed by atoms with van der Waals surface area (Å²) in [4.78, 5) is 12.8. The lowest BCUT2D eigenvalue weighted by Crippen LogP contribution is -2.08. The number of rotatable bonds is 3. The van der Waals surface area contributed by atoms with Gasteiger partial charge in [-0.1, -0.05) is 12.1 Å². The van der Waals surface area contributed by atoms with E-state index in [-0.39, 0.29) is 6.04 Å². The number of nitrogens with two attached hydrogens (primary N) is 1. The molecule has 0 radical (unpaired) electrons. The number of hydrogen-bond acceptors (Lipinski definition) is 6. The molecule has 0 aliphatic carbocycles. The van der Waals surface area contributed by atoms with Gasteiger partial charge in [0.05, 0.1) is 17.1 Å². The molecule has 0 spiro atoms. The first-order chi connectivity index (χ1) is 9.28. The molecular formula is C13H13N5O. The van der Waals surface area contributed by atoms with Crippen molar-refractivity contribution in [1.29, 1.82) is 0 Å². The maximum Gasteiger partial charge on any atom is 0.243 e. The molecule has 6 nitrogen and oxygen atoms in total. The zero-order valence-electron chi connectivity index (χ0n) is 10.4. The minimum atomic E-state index is -0.221. The standard InChI is InChI=1S/C13H13N5O/c1-2-9(14)13-17-12(18-19-13)8-3-4-10-11(7-8)16-6-5-15-10/h3-7,9H,2,14H2,1H3. The van der Waals surface area contributed by atoms with Gasteiger partial charge in [-0.2, -0.15) is 4.98 Å². The fourth-order valence-electron chi connectivity index (χ4n) is 1.78. The van der Waals surface area contributed by atoms with Crippen molar-refractivity contribution in [2.24, 2.45) is 5.73 Å². The van der Waals surface area contributed by atoms with Crippen molar-refractivity contribution in [3.05, 3.63) is 36.5 Å². The molecule has 0 amide bonds. The highest BCUT2D eigenvalue weighted by molar-refractivity contribution is 5.79. The molecule has 0 saturated heterocycles. The molecular weight excluding hydrogens is 242 g/mol. The molecule has 1 atom stereocenters. The van der Waals surface area contributed by atoms with Gasteiger partial charge in [0.1, 0.15) is 0 Å². The van der Waals surface area contributed by atoms with Crippen LogP contribution < -0.4 is 5.73 Å². The molecule has 6 heteroatoms. The van der Waals surface area contributed by atoms with Crippen LogP contribution in [-0.4, -0.2) is 20.1 Å². The summed E-state index contributed by atoms with van der Waals surface area (Å²) in [5.74, 6) is 0.975. The first-order valence-corrected chi connectivity index (χ1v) is 6.08. The third kappa shape index (κ3) is 2.17. The van der Waals surface area contributed by atoms with E-state index in [1.807, 2.05) is 25.1 Å². The van der Waals surface area contributed by atoms with Gasteiger partial charge in [-0.15, -0.1) is 0 Å². The Hall–Kier alpha value is -2.34. The summed E-state index contributed by atoms with van der Waals surface area (Å²) in [6, 6.07) is 5.44. The molecule has 3 rings (SSSR count). The highest BCUT2D eigenvalue weighted by atomic mass is 16.5. The van der Waals surface area contributed by atoms with Gasteiger partial charge in [-0.3, -0.25) is 9.97 Å². The van der Waals surface area contributed by atoms with Crippen molar-refractivity contribution in [3.8, 4) is 11.4 Å². The van der Waals surface area contributed by atoms with Crippen LogP contribution in [0.25, 0.3) is 22.4 Å². The topological polar surface area (TPSA) is 90.7 Å². The average molecular weight is 255 g/mol. The summed E-state index contributed by atoms with van der Waals surface area (Å²) in [7, 11) is 0. The zero-order valence-corrected chi connectivity index (χ0v) is 10.4. The highest BCUT2D eigenvalue weighted by Gasteiger charge is 2.14. The fourth-order valence-corrected chi connectivity index (χ4v) is 1.78. The fraction of sp³-hybridized carbons (Fsp3) is 0.231. The number of aromatic nitrogens is 4. The Bertz CT molecular complexity index is 709. The Kier molecular flexibility index (Phi) is 2.92. The van der Waals surface area contributed by atoms with Crippen LogP contribution in [-0.2, 0) is 0 Å². The van der Waals surface area contributed by atoms with Crippen molar-refractivity contribution in [3.63, 3.8) is 0 Å². The van der Waals surface area contributed by atoms with Crippen molar-refractivity contribution in [2.45, 2.75) is 19.4 Å². The predicted octanol–water partition coefficient (Wildman–Crippen LogP) is 2.09. The van der Waals surface area contributed by atoms with Gasteiger partial charge in [0, 0.05) is 18.0 Å². The maximum absolute atomic E-state index is 5.86. The largest absolute Gasteiger partial charge is 0.337 e. The molecule has 2 heterocycles. The van der Waals surface area contributed by atoms with Crippen molar-refractivity contribution in [2.75, 3.05) is 0 Å². The summed E-state index contributed by atoms with van der Waals surface area (Å²) in [6.07, 6.45) is 4.07. The van der Waals surface area contributed by atoms with Gasteiger partial charge < -0.3 is 10.3 Å². The van der Waals surface area contributed by atoms with E-state index in [9.17, 15) is 0 Å². The molecule has 96 valence electrons. The zero-order chi connectivity index (χ0) is 13.2. The number of benzene rings is 1. The van der Waals surface area contributed by atoms with E-state index in [1.165, 1.54) is 0 Å². The Morgan fingerprint density at radius 3 is 2.79 bits per heavy atom. The van der Waals surface area contributed by atoms with Gasteiger partial charge in [0.15, 0.2) is 0 Å². The van der Waals surface area contributed by atoms with Gasteiger partial charge in [-0.25, -0.2) is 0 Å². The van der Waals surface area contributed by atoms with Gasteiger partial charge in [0.2, 0.25) is 11.7 Å². The summed E-state index contributed by atoms with van der Waals surface area (Å²) in [5, 5.41) is 3.95. The van der Waals surface area contributed by atoms with E-state index in [0.717, 1.165) is 23.0 Å². The van der Waals surface area contributed by atoms with E-state index in [2.05, 4.69) is 20.1 Å². The molecule has 3 aromatic rings. The average Bonchev–Trinajstić information content (AvgIpc) is 2.95. The van der Waals surface area contributed by atoms with Crippen LogP contribution >= 0.6 is 0 Å². The lowest BCUT2D eigenvalue weighted by Gasteiger charge is -1.99. The quantitative estimate of drug-likeness (QED) is 0.770. The summed E-state index contributed by atoms with van der Waals surface area (Å²) < 4.78 is 5.16. The molecule has 1 unspecified atom stereocenters. The van der Waals surface area contributed by atoms with Crippen LogP contribution in [0, 0.1) is 0 Å². The Morgan fingerprint density at radius 1 is 1.21 bits per heavy atom. The molecule has 0 bridgehead atoms. The van der Waals surface area contributed by atoms with Crippen molar-refractivity contribution >= 4 is 11.0 Å². The van der Waals surface area contributed by atoms with Crippen LogP contribution in [0.5, 0.6) is 0 Å². The number of nitrogens with zero attached hydrogens (tertiary/aromatic N) is 4. The van der Waals surface area contributed by atoms with Crippen LogP contribution in [0.2, 0.25) is 0 Å². The van der Waals surface area contributed by atoms with E-state index in [0.29, 0.717) is 11.7 Å². The van der Waals surface area contributed by atoms with E-state index >= 15 is 0 Å². The minimum absolute atomic E-state index is 0.221. The van der Waals surface area contributed by atoms with Crippen LogP contribution in [0.15, 0.2) is 35.1 Å². The van der Waals surface area contributed by atoms with Gasteiger partial charge in [-0.05, 0) is 24.6 Å². The maximum atomic E-state index is 5.86. The first kappa shape index (κ1) is 11.7. The highest BCUT2D eigenvalue weighted by Crippen LogP contribution is 2.21. The van der Waals surface area contributed by atoms with Crippen LogP contribution in [0.3, 0.4) is 0 Å². The Labute approximate surface area is 109 Å². The van der Waals surface area contributed by atoms with Crippen molar-refractivity contribution in [1.82, 2.24) is 20.1 Å². The molecule has 1 aromatic carbocycles. The molecule has 2 aromatic heterocycles. The molecule has 0 aliphatic heterocycles. The summed E-state index contributed by atoms with van der Waals surface area (Å²) in [5.41, 5.74) is 8.33. The second-order valence-electron chi connectivity index (χ2n) is 4.23. The Balaban J connectivity index is 2.01. The van der Waals surface area contributed by atoms with Crippen LogP contribution in [0.1, 0.15) is 25.3 Å². The second kappa shape index (κ2) is 4.74. The van der Waals surface area contributed by atoms with E-state index in [4.69, 9.17) is 10.3 Å². The smallest absolute Gasteiger partial charge is 0.243 e. The molecule has 0 aliphatic rings. The van der Waals surface area contributed by atoms with E-state index in [1.54, 1.807) is 12.4 Å². The number of fused-ring (bicyclic) bond motifs is 1. The molecule has 0 saturated carbocycles. The first-order valence-electron chi connectivity index (χ1n) is 6.08. The molecule has 2 N–H and O–H groups in total. The third-order valence-corrected chi connectivity index (χ3v) is 2.93. The summed E-state index contributed by atoms with van der Waals surface area (Å²) in [6.45, 7) is 1.97. The van der Waals surface area contributed by atoms with E-state index < -0.39 is 0 Å². The second-order valence-corrected chi connectivity index (χ2v) is 4.23. The third-order valence-electron chi connectivity index (χ3n) is 2.93. The van der Waals surface area contributed by atoms with Gasteiger partial charge >= 0.3 is 0 Å². The summed E-state index contributed by atoms with van der Waals surface area (Å²) >= 11 is 0. The molecule has 0 fully saturated rings.